The summed E-state index contributed by atoms with van der Waals surface area (Å²) in [4.78, 5) is 4.35. The SMILES string of the molecule is CN=C(NCc1ccc(C)cc1OCCCOC)NCc1cccc2c1OCCCO2.I. The average Bonchev–Trinajstić information content (AvgIpc) is 3.04. The van der Waals surface area contributed by atoms with Gasteiger partial charge in [0.1, 0.15) is 5.75 Å². The lowest BCUT2D eigenvalue weighted by Crippen LogP contribution is -2.36. The van der Waals surface area contributed by atoms with Crippen LogP contribution in [0.2, 0.25) is 0 Å². The molecule has 2 aromatic carbocycles. The molecular weight excluding hydrogens is 521 g/mol. The minimum absolute atomic E-state index is 0. The maximum atomic E-state index is 5.98. The second-order valence-corrected chi connectivity index (χ2v) is 7.38. The van der Waals surface area contributed by atoms with Crippen LogP contribution in [-0.2, 0) is 17.8 Å². The number of aryl methyl sites for hydroxylation is 1. The van der Waals surface area contributed by atoms with Crippen LogP contribution in [0.3, 0.4) is 0 Å². The van der Waals surface area contributed by atoms with E-state index in [1.165, 1.54) is 5.56 Å². The van der Waals surface area contributed by atoms with Gasteiger partial charge in [0.2, 0.25) is 0 Å². The Hall–Kier alpha value is -2.20. The Morgan fingerprint density at radius 3 is 2.59 bits per heavy atom. The highest BCUT2D eigenvalue weighted by Gasteiger charge is 2.14. The van der Waals surface area contributed by atoms with Crippen molar-refractivity contribution in [1.82, 2.24) is 10.6 Å². The molecule has 8 heteroatoms. The molecule has 176 valence electrons. The number of halogens is 1. The van der Waals surface area contributed by atoms with Gasteiger partial charge in [-0.05, 0) is 24.6 Å². The molecule has 0 saturated heterocycles. The lowest BCUT2D eigenvalue weighted by molar-refractivity contribution is 0.171. The molecule has 7 nitrogen and oxygen atoms in total. The molecule has 2 N–H and O–H groups in total. The number of hydrogen-bond acceptors (Lipinski definition) is 5. The molecule has 1 heterocycles. The van der Waals surface area contributed by atoms with Crippen molar-refractivity contribution in [2.45, 2.75) is 32.9 Å². The molecule has 0 unspecified atom stereocenters. The van der Waals surface area contributed by atoms with Gasteiger partial charge in [-0.15, -0.1) is 24.0 Å². The Balaban J connectivity index is 0.00000363. The van der Waals surface area contributed by atoms with Crippen molar-refractivity contribution in [2.75, 3.05) is 40.6 Å². The van der Waals surface area contributed by atoms with Crippen LogP contribution in [0.1, 0.15) is 29.5 Å². The van der Waals surface area contributed by atoms with Gasteiger partial charge < -0.3 is 29.6 Å². The second kappa shape index (κ2) is 14.1. The Kier molecular flexibility index (Phi) is 11.4. The van der Waals surface area contributed by atoms with Gasteiger partial charge in [0.25, 0.3) is 0 Å². The van der Waals surface area contributed by atoms with Crippen LogP contribution in [0.25, 0.3) is 0 Å². The van der Waals surface area contributed by atoms with Gasteiger partial charge in [-0.2, -0.15) is 0 Å². The molecule has 1 aliphatic heterocycles. The molecule has 0 radical (unpaired) electrons. The van der Waals surface area contributed by atoms with Crippen molar-refractivity contribution in [3.05, 3.63) is 53.1 Å². The van der Waals surface area contributed by atoms with Crippen molar-refractivity contribution >= 4 is 29.9 Å². The van der Waals surface area contributed by atoms with E-state index >= 15 is 0 Å². The molecule has 0 aromatic heterocycles. The van der Waals surface area contributed by atoms with Gasteiger partial charge in [-0.3, -0.25) is 4.99 Å². The van der Waals surface area contributed by atoms with E-state index in [-0.39, 0.29) is 24.0 Å². The maximum Gasteiger partial charge on any atom is 0.191 e. The summed E-state index contributed by atoms with van der Waals surface area (Å²) in [5.41, 5.74) is 3.29. The van der Waals surface area contributed by atoms with Crippen molar-refractivity contribution in [3.8, 4) is 17.2 Å². The Morgan fingerprint density at radius 2 is 1.81 bits per heavy atom. The van der Waals surface area contributed by atoms with E-state index in [0.29, 0.717) is 45.5 Å². The van der Waals surface area contributed by atoms with Crippen LogP contribution in [0.15, 0.2) is 41.4 Å². The third kappa shape index (κ3) is 7.74. The average molecular weight is 555 g/mol. The highest BCUT2D eigenvalue weighted by atomic mass is 127. The van der Waals surface area contributed by atoms with E-state index in [4.69, 9.17) is 18.9 Å². The van der Waals surface area contributed by atoms with E-state index in [1.807, 2.05) is 18.2 Å². The van der Waals surface area contributed by atoms with Crippen LogP contribution in [0.5, 0.6) is 17.2 Å². The van der Waals surface area contributed by atoms with Crippen LogP contribution in [0, 0.1) is 6.92 Å². The van der Waals surface area contributed by atoms with Crippen LogP contribution >= 0.6 is 24.0 Å². The fraction of sp³-hybridized carbons (Fsp3) is 0.458. The lowest BCUT2D eigenvalue weighted by atomic mass is 10.1. The summed E-state index contributed by atoms with van der Waals surface area (Å²) < 4.78 is 22.8. The number of guanidine groups is 1. The first-order valence-electron chi connectivity index (χ1n) is 10.7. The molecule has 32 heavy (non-hydrogen) atoms. The summed E-state index contributed by atoms with van der Waals surface area (Å²) in [7, 11) is 3.46. The third-order valence-corrected chi connectivity index (χ3v) is 4.94. The zero-order valence-electron chi connectivity index (χ0n) is 19.1. The number of para-hydroxylation sites is 1. The molecule has 3 rings (SSSR count). The van der Waals surface area contributed by atoms with Crippen molar-refractivity contribution in [2.24, 2.45) is 4.99 Å². The van der Waals surface area contributed by atoms with Gasteiger partial charge in [-0.25, -0.2) is 0 Å². The third-order valence-electron chi connectivity index (χ3n) is 4.94. The fourth-order valence-electron chi connectivity index (χ4n) is 3.30. The van der Waals surface area contributed by atoms with E-state index in [2.05, 4.69) is 40.7 Å². The van der Waals surface area contributed by atoms with Crippen molar-refractivity contribution < 1.29 is 18.9 Å². The summed E-state index contributed by atoms with van der Waals surface area (Å²) in [6, 6.07) is 12.2. The Morgan fingerprint density at radius 1 is 1.03 bits per heavy atom. The fourth-order valence-corrected chi connectivity index (χ4v) is 3.30. The quantitative estimate of drug-likeness (QED) is 0.211. The normalized spacial score (nSPS) is 13.0. The molecule has 0 amide bonds. The first-order valence-corrected chi connectivity index (χ1v) is 10.7. The summed E-state index contributed by atoms with van der Waals surface area (Å²) in [5, 5.41) is 6.74. The van der Waals surface area contributed by atoms with Gasteiger partial charge in [-0.1, -0.05) is 24.3 Å². The maximum absolute atomic E-state index is 5.98. The highest BCUT2D eigenvalue weighted by molar-refractivity contribution is 14.0. The second-order valence-electron chi connectivity index (χ2n) is 7.38. The minimum Gasteiger partial charge on any atom is -0.493 e. The van der Waals surface area contributed by atoms with Gasteiger partial charge in [0.15, 0.2) is 17.5 Å². The minimum atomic E-state index is 0. The predicted molar refractivity (Wildman–Crippen MR) is 138 cm³/mol. The largest absolute Gasteiger partial charge is 0.493 e. The first-order chi connectivity index (χ1) is 15.2. The molecule has 2 aromatic rings. The molecule has 0 bridgehead atoms. The standard InChI is InChI=1S/C24H33N3O4.HI/c1-18-9-10-19(22(15-18)30-12-5-11-28-3)16-26-24(25-2)27-17-20-7-4-8-21-23(20)31-14-6-13-29-21;/h4,7-10,15H,5-6,11-14,16-17H2,1-3H3,(H2,25,26,27);1H. The van der Waals surface area contributed by atoms with E-state index in [9.17, 15) is 0 Å². The highest BCUT2D eigenvalue weighted by Crippen LogP contribution is 2.33. The van der Waals surface area contributed by atoms with E-state index in [1.54, 1.807) is 14.2 Å². The van der Waals surface area contributed by atoms with E-state index in [0.717, 1.165) is 41.2 Å². The van der Waals surface area contributed by atoms with Gasteiger partial charge >= 0.3 is 0 Å². The zero-order chi connectivity index (χ0) is 21.9. The molecular formula is C24H34IN3O4. The predicted octanol–water partition coefficient (Wildman–Crippen LogP) is 4.05. The Bertz CT molecular complexity index is 876. The number of fused-ring (bicyclic) bond motifs is 1. The smallest absolute Gasteiger partial charge is 0.191 e. The van der Waals surface area contributed by atoms with Crippen LogP contribution < -0.4 is 24.8 Å². The molecule has 1 aliphatic rings. The number of benzene rings is 2. The zero-order valence-corrected chi connectivity index (χ0v) is 21.4. The number of nitrogens with zero attached hydrogens (tertiary/aromatic N) is 1. The van der Waals surface area contributed by atoms with E-state index < -0.39 is 0 Å². The molecule has 0 aliphatic carbocycles. The lowest BCUT2D eigenvalue weighted by Gasteiger charge is -2.17. The number of hydrogen-bond donors (Lipinski definition) is 2. The topological polar surface area (TPSA) is 73.3 Å². The monoisotopic (exact) mass is 555 g/mol. The summed E-state index contributed by atoms with van der Waals surface area (Å²) in [6.07, 6.45) is 1.74. The van der Waals surface area contributed by atoms with Crippen molar-refractivity contribution in [3.63, 3.8) is 0 Å². The van der Waals surface area contributed by atoms with Gasteiger partial charge in [0.05, 0.1) is 19.8 Å². The number of methoxy groups -OCH3 is 1. The number of ether oxygens (including phenoxy) is 4. The summed E-state index contributed by atoms with van der Waals surface area (Å²) in [6.45, 7) is 5.91. The van der Waals surface area contributed by atoms with Gasteiger partial charge in [0, 0.05) is 57.8 Å². The molecule has 0 atom stereocenters. The molecule has 0 fully saturated rings. The first kappa shape index (κ1) is 26.1. The summed E-state index contributed by atoms with van der Waals surface area (Å²) in [5.74, 6) is 3.21. The summed E-state index contributed by atoms with van der Waals surface area (Å²) >= 11 is 0. The number of aliphatic imine (C=N–C) groups is 1. The molecule has 0 spiro atoms. The van der Waals surface area contributed by atoms with Crippen LogP contribution in [-0.4, -0.2) is 46.5 Å². The van der Waals surface area contributed by atoms with Crippen LogP contribution in [0.4, 0.5) is 0 Å². The number of rotatable bonds is 9. The number of nitrogens with one attached hydrogen (secondary N) is 2. The molecule has 0 saturated carbocycles. The van der Waals surface area contributed by atoms with Crippen molar-refractivity contribution in [1.29, 1.82) is 0 Å². The Labute approximate surface area is 207 Å².